The Bertz CT molecular complexity index is 1480. The molecule has 198 valence electrons. The van der Waals surface area contributed by atoms with Crippen LogP contribution in [0.2, 0.25) is 5.02 Å². The molecule has 1 saturated carbocycles. The summed E-state index contributed by atoms with van der Waals surface area (Å²) in [6, 6.07) is 9.96. The molecule has 0 unspecified atom stereocenters. The van der Waals surface area contributed by atoms with Crippen molar-refractivity contribution in [1.82, 2.24) is 25.1 Å². The smallest absolute Gasteiger partial charge is 0.223 e. The number of nitrogens with zero attached hydrogens (tertiary/aromatic N) is 4. The summed E-state index contributed by atoms with van der Waals surface area (Å²) in [6.07, 6.45) is 6.60. The van der Waals surface area contributed by atoms with Gasteiger partial charge in [-0.15, -0.1) is 0 Å². The van der Waals surface area contributed by atoms with Gasteiger partial charge in [-0.05, 0) is 56.5 Å². The highest BCUT2D eigenvalue weighted by atomic mass is 35.5. The van der Waals surface area contributed by atoms with Crippen molar-refractivity contribution in [2.45, 2.75) is 58.6 Å². The van der Waals surface area contributed by atoms with Gasteiger partial charge in [0.05, 0.1) is 11.1 Å². The minimum atomic E-state index is -0.455. The number of aromatic nitrogens is 4. The lowest BCUT2D eigenvalue weighted by Crippen LogP contribution is -2.34. The lowest BCUT2D eigenvalue weighted by molar-refractivity contribution is -0.126. The number of pyridine rings is 1. The van der Waals surface area contributed by atoms with E-state index in [-0.39, 0.29) is 23.5 Å². The maximum absolute atomic E-state index is 14.4. The third-order valence-electron chi connectivity index (χ3n) is 7.25. The molecule has 0 spiro atoms. The number of hydrogen-bond donors (Lipinski definition) is 1. The Kier molecular flexibility index (Phi) is 7.61. The molecule has 2 aromatic heterocycles. The number of hydrogen-bond acceptors (Lipinski definition) is 5. The molecule has 1 N–H and O–H groups in total. The van der Waals surface area contributed by atoms with Gasteiger partial charge in [0, 0.05) is 35.2 Å². The Balaban J connectivity index is 1.44. The minimum absolute atomic E-state index is 0.00282. The topological polar surface area (TPSA) is 81.9 Å². The number of carbonyl (C=O) groups excluding carboxylic acids is 1. The number of halogens is 2. The lowest BCUT2D eigenvalue weighted by Gasteiger charge is -2.25. The van der Waals surface area contributed by atoms with Crippen LogP contribution in [0.25, 0.3) is 22.3 Å². The van der Waals surface area contributed by atoms with Crippen LogP contribution >= 0.6 is 11.6 Å². The van der Waals surface area contributed by atoms with E-state index in [1.54, 1.807) is 4.68 Å². The average molecular weight is 536 g/mol. The van der Waals surface area contributed by atoms with E-state index in [4.69, 9.17) is 21.3 Å². The van der Waals surface area contributed by atoms with Crippen molar-refractivity contribution in [3.05, 3.63) is 70.4 Å². The zero-order valence-corrected chi connectivity index (χ0v) is 22.6. The molecule has 0 saturated heterocycles. The van der Waals surface area contributed by atoms with Gasteiger partial charge in [0.25, 0.3) is 0 Å². The molecule has 1 aliphatic rings. The highest BCUT2D eigenvalue weighted by Gasteiger charge is 2.25. The van der Waals surface area contributed by atoms with Gasteiger partial charge in [-0.2, -0.15) is 5.10 Å². The molecule has 9 heteroatoms. The van der Waals surface area contributed by atoms with E-state index in [0.29, 0.717) is 22.4 Å². The first-order valence-corrected chi connectivity index (χ1v) is 13.4. The number of para-hydroxylation sites is 1. The van der Waals surface area contributed by atoms with Crippen LogP contribution in [-0.2, 0) is 18.4 Å². The predicted octanol–water partition coefficient (Wildman–Crippen LogP) is 6.47. The second-order valence-corrected chi connectivity index (χ2v) is 10.4. The number of fused-ring (bicyclic) bond motifs is 1. The first-order chi connectivity index (χ1) is 18.3. The van der Waals surface area contributed by atoms with Gasteiger partial charge >= 0.3 is 0 Å². The van der Waals surface area contributed by atoms with Crippen molar-refractivity contribution in [2.75, 3.05) is 0 Å². The molecule has 38 heavy (non-hydrogen) atoms. The number of ether oxygens (including phenoxy) is 1. The molecule has 2 heterocycles. The van der Waals surface area contributed by atoms with Gasteiger partial charge in [-0.3, -0.25) is 4.79 Å². The van der Waals surface area contributed by atoms with Crippen LogP contribution < -0.4 is 10.1 Å². The molecule has 4 aromatic rings. The highest BCUT2D eigenvalue weighted by Crippen LogP contribution is 2.34. The summed E-state index contributed by atoms with van der Waals surface area (Å²) in [7, 11) is 1.84. The summed E-state index contributed by atoms with van der Waals surface area (Å²) in [5.41, 5.74) is 3.62. The molecule has 0 bridgehead atoms. The Morgan fingerprint density at radius 2 is 2.03 bits per heavy atom. The van der Waals surface area contributed by atoms with Gasteiger partial charge in [-0.1, -0.05) is 43.0 Å². The summed E-state index contributed by atoms with van der Waals surface area (Å²) in [5.74, 6) is 0.852. The van der Waals surface area contributed by atoms with E-state index < -0.39 is 11.9 Å². The number of nitrogens with one attached hydrogen (secondary N) is 1. The predicted molar refractivity (Wildman–Crippen MR) is 145 cm³/mol. The van der Waals surface area contributed by atoms with Crippen LogP contribution in [0.15, 0.2) is 42.7 Å². The van der Waals surface area contributed by atoms with Crippen molar-refractivity contribution in [3.8, 4) is 17.1 Å². The zero-order chi connectivity index (χ0) is 26.8. The van der Waals surface area contributed by atoms with E-state index in [1.807, 2.05) is 45.2 Å². The minimum Gasteiger partial charge on any atom is -0.487 e. The third kappa shape index (κ3) is 5.36. The molecule has 2 aromatic carbocycles. The number of carbonyl (C=O) groups is 1. The molecule has 1 amide bonds. The van der Waals surface area contributed by atoms with Crippen molar-refractivity contribution in [1.29, 1.82) is 0 Å². The van der Waals surface area contributed by atoms with Gasteiger partial charge in [0.15, 0.2) is 5.82 Å². The second kappa shape index (κ2) is 11.1. The molecule has 0 radical (unpaired) electrons. The van der Waals surface area contributed by atoms with Crippen molar-refractivity contribution < 1.29 is 13.9 Å². The summed E-state index contributed by atoms with van der Waals surface area (Å²) in [6.45, 7) is 3.86. The molecule has 7 nitrogen and oxygen atoms in total. The van der Waals surface area contributed by atoms with Crippen LogP contribution in [0.1, 0.15) is 61.9 Å². The molecular formula is C29H31ClFN5O2. The standard InChI is InChI=1S/C29H31ClFN5O2/c1-17-12-23(28-32-16-33-36(28)3)21-10-7-11-26(27(21)34-17)38-15-24-22(13-20(31)14-25(24)30)18(2)35-29(37)19-8-5-4-6-9-19/h7,10-14,16,18-19H,4-6,8-9,15H2,1-3H3,(H,35,37)/t18-/m0/s1. The fourth-order valence-corrected chi connectivity index (χ4v) is 5.55. The summed E-state index contributed by atoms with van der Waals surface area (Å²) in [5, 5.41) is 8.41. The molecule has 5 rings (SSSR count). The molecule has 1 atom stereocenters. The summed E-state index contributed by atoms with van der Waals surface area (Å²) in [4.78, 5) is 22.0. The van der Waals surface area contributed by atoms with Gasteiger partial charge in [-0.25, -0.2) is 19.0 Å². The fourth-order valence-electron chi connectivity index (χ4n) is 5.28. The lowest BCUT2D eigenvalue weighted by atomic mass is 9.88. The van der Waals surface area contributed by atoms with E-state index in [2.05, 4.69) is 15.4 Å². The quantitative estimate of drug-likeness (QED) is 0.293. The fraction of sp³-hybridized carbons (Fsp3) is 0.379. The van der Waals surface area contributed by atoms with Crippen LogP contribution in [-0.4, -0.2) is 25.7 Å². The van der Waals surface area contributed by atoms with Gasteiger partial charge < -0.3 is 10.1 Å². The van der Waals surface area contributed by atoms with Crippen LogP contribution in [0, 0.1) is 18.7 Å². The van der Waals surface area contributed by atoms with E-state index in [9.17, 15) is 9.18 Å². The van der Waals surface area contributed by atoms with Crippen LogP contribution in [0.4, 0.5) is 4.39 Å². The van der Waals surface area contributed by atoms with Crippen LogP contribution in [0.5, 0.6) is 5.75 Å². The Morgan fingerprint density at radius 1 is 1.24 bits per heavy atom. The van der Waals surface area contributed by atoms with E-state index in [1.165, 1.54) is 24.9 Å². The Labute approximate surface area is 226 Å². The first kappa shape index (κ1) is 26.1. The zero-order valence-electron chi connectivity index (χ0n) is 21.8. The Morgan fingerprint density at radius 3 is 2.76 bits per heavy atom. The SMILES string of the molecule is Cc1cc(-c2ncnn2C)c2cccc(OCc3c(Cl)cc(F)cc3[C@H](C)NC(=O)C3CCCCC3)c2n1. The van der Waals surface area contributed by atoms with E-state index in [0.717, 1.165) is 48.2 Å². The molecular weight excluding hydrogens is 505 g/mol. The Hall–Kier alpha value is -3.52. The normalized spacial score (nSPS) is 15.0. The van der Waals surface area contributed by atoms with Crippen molar-refractivity contribution in [2.24, 2.45) is 13.0 Å². The largest absolute Gasteiger partial charge is 0.487 e. The third-order valence-corrected chi connectivity index (χ3v) is 7.59. The molecule has 1 fully saturated rings. The van der Waals surface area contributed by atoms with Gasteiger partial charge in [0.1, 0.15) is 30.0 Å². The number of benzene rings is 2. The summed E-state index contributed by atoms with van der Waals surface area (Å²) >= 11 is 6.52. The van der Waals surface area contributed by atoms with Crippen molar-refractivity contribution in [3.63, 3.8) is 0 Å². The van der Waals surface area contributed by atoms with Crippen molar-refractivity contribution >= 4 is 28.4 Å². The molecule has 1 aliphatic carbocycles. The van der Waals surface area contributed by atoms with Gasteiger partial charge in [0.2, 0.25) is 5.91 Å². The summed E-state index contributed by atoms with van der Waals surface area (Å²) < 4.78 is 22.4. The maximum Gasteiger partial charge on any atom is 0.223 e. The monoisotopic (exact) mass is 535 g/mol. The highest BCUT2D eigenvalue weighted by molar-refractivity contribution is 6.31. The second-order valence-electron chi connectivity index (χ2n) is 9.98. The van der Waals surface area contributed by atoms with E-state index >= 15 is 0 Å². The number of amides is 1. The first-order valence-electron chi connectivity index (χ1n) is 13.0. The average Bonchev–Trinajstić information content (AvgIpc) is 3.33. The number of rotatable bonds is 7. The van der Waals surface area contributed by atoms with Crippen LogP contribution in [0.3, 0.4) is 0 Å². The number of aryl methyl sites for hydroxylation is 2. The molecule has 0 aliphatic heterocycles. The maximum atomic E-state index is 14.4.